The van der Waals surface area contributed by atoms with Gasteiger partial charge in [0.25, 0.3) is 0 Å². The Morgan fingerprint density at radius 3 is 2.37 bits per heavy atom. The number of rotatable bonds is 5. The summed E-state index contributed by atoms with van der Waals surface area (Å²) in [6.45, 7) is 2.00. The fraction of sp³-hybridized carbons (Fsp3) is 0.238. The minimum atomic E-state index is -4.77. The van der Waals surface area contributed by atoms with Gasteiger partial charge in [0, 0.05) is 11.1 Å². The lowest BCUT2D eigenvalue weighted by Gasteiger charge is -2.08. The van der Waals surface area contributed by atoms with Crippen LogP contribution in [0.5, 0.6) is 5.75 Å². The van der Waals surface area contributed by atoms with Crippen LogP contribution in [0.25, 0.3) is 5.83 Å². The van der Waals surface area contributed by atoms with Gasteiger partial charge in [-0.2, -0.15) is 0 Å². The second kappa shape index (κ2) is 9.22. The summed E-state index contributed by atoms with van der Waals surface area (Å²) in [5.74, 6) is 3.71. The molecule has 0 unspecified atom stereocenters. The number of benzene rings is 2. The zero-order valence-corrected chi connectivity index (χ0v) is 14.5. The molecule has 0 radical (unpaired) electrons. The zero-order valence-electron chi connectivity index (χ0n) is 14.5. The standard InChI is InChI=1S/C21H17F5O/c1-2-3-4-5-19(22)17-11-10-16(20(23)14-17)9-6-15-7-12-18(13-8-15)27-21(24,25)26/h5,7-8,10-14H,2-4H2,1H3/b19-5+. The molecule has 0 amide bonds. The third-order valence-electron chi connectivity index (χ3n) is 3.56. The molecular weight excluding hydrogens is 363 g/mol. The van der Waals surface area contributed by atoms with E-state index in [-0.39, 0.29) is 16.9 Å². The first-order valence-electron chi connectivity index (χ1n) is 8.32. The lowest BCUT2D eigenvalue weighted by atomic mass is 10.1. The van der Waals surface area contributed by atoms with Crippen molar-refractivity contribution in [3.8, 4) is 17.6 Å². The molecule has 0 aliphatic heterocycles. The van der Waals surface area contributed by atoms with Gasteiger partial charge in [-0.05, 0) is 55.3 Å². The third kappa shape index (κ3) is 6.78. The van der Waals surface area contributed by atoms with Gasteiger partial charge in [-0.1, -0.05) is 31.3 Å². The molecular formula is C21H17F5O. The monoisotopic (exact) mass is 380 g/mol. The van der Waals surface area contributed by atoms with E-state index in [0.29, 0.717) is 12.0 Å². The molecule has 0 aromatic heterocycles. The molecule has 2 aromatic carbocycles. The highest BCUT2D eigenvalue weighted by atomic mass is 19.4. The molecule has 0 atom stereocenters. The van der Waals surface area contributed by atoms with E-state index in [1.807, 2.05) is 6.92 Å². The molecule has 2 aromatic rings. The summed E-state index contributed by atoms with van der Waals surface area (Å²) < 4.78 is 68.1. The van der Waals surface area contributed by atoms with E-state index in [2.05, 4.69) is 16.6 Å². The SMILES string of the molecule is CCCC/C=C(/F)c1ccc(C#Cc2ccc(OC(F)(F)F)cc2)c(F)c1. The molecule has 27 heavy (non-hydrogen) atoms. The quantitative estimate of drug-likeness (QED) is 0.322. The Morgan fingerprint density at radius 2 is 1.78 bits per heavy atom. The fourth-order valence-corrected chi connectivity index (χ4v) is 2.20. The van der Waals surface area contributed by atoms with E-state index in [9.17, 15) is 22.0 Å². The molecule has 0 heterocycles. The number of hydrogen-bond donors (Lipinski definition) is 0. The Bertz CT molecular complexity index is 855. The van der Waals surface area contributed by atoms with Gasteiger partial charge in [-0.25, -0.2) is 8.78 Å². The summed E-state index contributed by atoms with van der Waals surface area (Å²) in [5.41, 5.74) is 0.595. The highest BCUT2D eigenvalue weighted by Gasteiger charge is 2.30. The van der Waals surface area contributed by atoms with E-state index in [1.54, 1.807) is 0 Å². The Labute approximate surface area is 154 Å². The number of ether oxygens (including phenoxy) is 1. The van der Waals surface area contributed by atoms with Crippen molar-refractivity contribution in [1.29, 1.82) is 0 Å². The minimum absolute atomic E-state index is 0.0655. The molecule has 0 fully saturated rings. The molecule has 0 aliphatic rings. The Kier molecular flexibility index (Phi) is 7.00. The largest absolute Gasteiger partial charge is 0.573 e. The van der Waals surface area contributed by atoms with Crippen LogP contribution in [0.15, 0.2) is 48.5 Å². The molecule has 1 nitrogen and oxygen atoms in total. The van der Waals surface area contributed by atoms with E-state index in [4.69, 9.17) is 0 Å². The van der Waals surface area contributed by atoms with Crippen molar-refractivity contribution in [3.05, 3.63) is 71.0 Å². The summed E-state index contributed by atoms with van der Waals surface area (Å²) in [6, 6.07) is 8.77. The summed E-state index contributed by atoms with van der Waals surface area (Å²) >= 11 is 0. The number of halogens is 5. The zero-order chi connectivity index (χ0) is 19.9. The van der Waals surface area contributed by atoms with Gasteiger partial charge in [-0.3, -0.25) is 0 Å². The summed E-state index contributed by atoms with van der Waals surface area (Å²) in [7, 11) is 0. The first kappa shape index (κ1) is 20.5. The van der Waals surface area contributed by atoms with E-state index in [0.717, 1.165) is 31.0 Å². The Hall–Kier alpha value is -2.81. The van der Waals surface area contributed by atoms with Crippen LogP contribution in [0.1, 0.15) is 42.9 Å². The van der Waals surface area contributed by atoms with Crippen molar-refractivity contribution < 1.29 is 26.7 Å². The van der Waals surface area contributed by atoms with E-state index in [1.165, 1.54) is 30.3 Å². The van der Waals surface area contributed by atoms with Crippen molar-refractivity contribution in [1.82, 2.24) is 0 Å². The smallest absolute Gasteiger partial charge is 0.406 e. The van der Waals surface area contributed by atoms with Crippen molar-refractivity contribution in [2.75, 3.05) is 0 Å². The van der Waals surface area contributed by atoms with Crippen LogP contribution in [0.2, 0.25) is 0 Å². The molecule has 142 valence electrons. The van der Waals surface area contributed by atoms with E-state index >= 15 is 0 Å². The molecule has 2 rings (SSSR count). The topological polar surface area (TPSA) is 9.23 Å². The van der Waals surface area contributed by atoms with Gasteiger partial charge in [0.1, 0.15) is 17.4 Å². The van der Waals surface area contributed by atoms with Crippen LogP contribution in [0, 0.1) is 17.7 Å². The van der Waals surface area contributed by atoms with Crippen LogP contribution < -0.4 is 4.74 Å². The minimum Gasteiger partial charge on any atom is -0.406 e. The molecule has 0 saturated carbocycles. The lowest BCUT2D eigenvalue weighted by molar-refractivity contribution is -0.274. The number of unbranched alkanes of at least 4 members (excludes halogenated alkanes) is 2. The van der Waals surface area contributed by atoms with Crippen LogP contribution >= 0.6 is 0 Å². The van der Waals surface area contributed by atoms with Crippen LogP contribution in [-0.4, -0.2) is 6.36 Å². The van der Waals surface area contributed by atoms with Gasteiger partial charge < -0.3 is 4.74 Å². The van der Waals surface area contributed by atoms with Crippen molar-refractivity contribution >= 4 is 5.83 Å². The van der Waals surface area contributed by atoms with E-state index < -0.39 is 18.0 Å². The van der Waals surface area contributed by atoms with Crippen molar-refractivity contribution in [2.24, 2.45) is 0 Å². The maximum atomic E-state index is 14.1. The van der Waals surface area contributed by atoms with Crippen LogP contribution in [0.4, 0.5) is 22.0 Å². The van der Waals surface area contributed by atoms with Gasteiger partial charge in [0.15, 0.2) is 0 Å². The van der Waals surface area contributed by atoms with Crippen molar-refractivity contribution in [2.45, 2.75) is 32.5 Å². The number of hydrogen-bond acceptors (Lipinski definition) is 1. The second-order valence-corrected chi connectivity index (χ2v) is 5.71. The highest BCUT2D eigenvalue weighted by molar-refractivity contribution is 5.60. The average Bonchev–Trinajstić information content (AvgIpc) is 2.60. The Morgan fingerprint density at radius 1 is 1.07 bits per heavy atom. The second-order valence-electron chi connectivity index (χ2n) is 5.71. The molecule has 0 bridgehead atoms. The van der Waals surface area contributed by atoms with Gasteiger partial charge >= 0.3 is 6.36 Å². The predicted octanol–water partition coefficient (Wildman–Crippen LogP) is 6.62. The predicted molar refractivity (Wildman–Crippen MR) is 94.1 cm³/mol. The maximum Gasteiger partial charge on any atom is 0.573 e. The average molecular weight is 380 g/mol. The van der Waals surface area contributed by atoms with Crippen molar-refractivity contribution in [3.63, 3.8) is 0 Å². The fourth-order valence-electron chi connectivity index (χ4n) is 2.20. The molecule has 0 saturated heterocycles. The summed E-state index contributed by atoms with van der Waals surface area (Å²) in [5, 5.41) is 0. The number of allylic oxidation sites excluding steroid dienone is 1. The number of alkyl halides is 3. The highest BCUT2D eigenvalue weighted by Crippen LogP contribution is 2.23. The van der Waals surface area contributed by atoms with Gasteiger partial charge in [0.2, 0.25) is 0 Å². The normalized spacial score (nSPS) is 11.7. The molecule has 6 heteroatoms. The third-order valence-corrected chi connectivity index (χ3v) is 3.56. The maximum absolute atomic E-state index is 14.1. The lowest BCUT2D eigenvalue weighted by Crippen LogP contribution is -2.16. The molecule has 0 N–H and O–H groups in total. The van der Waals surface area contributed by atoms with Gasteiger partial charge in [0.05, 0.1) is 5.56 Å². The van der Waals surface area contributed by atoms with Gasteiger partial charge in [-0.15, -0.1) is 13.2 Å². The first-order valence-corrected chi connectivity index (χ1v) is 8.32. The summed E-state index contributed by atoms with van der Waals surface area (Å²) in [6.07, 6.45) is -0.964. The Balaban J connectivity index is 2.11. The van der Waals surface area contributed by atoms with Crippen LogP contribution in [-0.2, 0) is 0 Å². The van der Waals surface area contributed by atoms with Crippen LogP contribution in [0.3, 0.4) is 0 Å². The molecule has 0 spiro atoms. The molecule has 0 aliphatic carbocycles. The summed E-state index contributed by atoms with van der Waals surface area (Å²) in [4.78, 5) is 0. The first-order chi connectivity index (χ1) is 12.8.